The van der Waals surface area contributed by atoms with E-state index >= 15 is 0 Å². The maximum atomic E-state index is 13.0. The molecule has 31 heavy (non-hydrogen) atoms. The standard InChI is InChI=1S/C27H24O4/c1-27(2)16-15-21-24(30-18-20-11-7-4-8-12-20)17-23(29)25(26(21)31-27)22(28)14-13-19-9-5-3-6-10-19/h3-17,29H,18H2,1-2H3/b14-13+. The highest BCUT2D eigenvalue weighted by Crippen LogP contribution is 2.44. The predicted molar refractivity (Wildman–Crippen MR) is 122 cm³/mol. The van der Waals surface area contributed by atoms with E-state index in [9.17, 15) is 9.90 Å². The van der Waals surface area contributed by atoms with Crippen LogP contribution >= 0.6 is 0 Å². The minimum atomic E-state index is -0.615. The lowest BCUT2D eigenvalue weighted by Crippen LogP contribution is -2.28. The highest BCUT2D eigenvalue weighted by atomic mass is 16.5. The van der Waals surface area contributed by atoms with E-state index in [2.05, 4.69) is 0 Å². The molecular formula is C27H24O4. The van der Waals surface area contributed by atoms with Crippen molar-refractivity contribution in [3.05, 3.63) is 101 Å². The fourth-order valence-electron chi connectivity index (χ4n) is 3.39. The van der Waals surface area contributed by atoms with Gasteiger partial charge in [-0.1, -0.05) is 66.7 Å². The van der Waals surface area contributed by atoms with Gasteiger partial charge < -0.3 is 14.6 Å². The summed E-state index contributed by atoms with van der Waals surface area (Å²) in [5.41, 5.74) is 2.06. The molecule has 0 unspecified atom stereocenters. The van der Waals surface area contributed by atoms with Gasteiger partial charge in [0.1, 0.15) is 35.0 Å². The number of ether oxygens (including phenoxy) is 2. The molecule has 1 heterocycles. The molecule has 1 N–H and O–H groups in total. The monoisotopic (exact) mass is 412 g/mol. The van der Waals surface area contributed by atoms with Crippen LogP contribution in [0.5, 0.6) is 17.2 Å². The minimum absolute atomic E-state index is 0.131. The van der Waals surface area contributed by atoms with E-state index in [-0.39, 0.29) is 17.1 Å². The third kappa shape index (κ3) is 4.69. The predicted octanol–water partition coefficient (Wildman–Crippen LogP) is 6.05. The number of fused-ring (bicyclic) bond motifs is 1. The van der Waals surface area contributed by atoms with Crippen LogP contribution in [0.15, 0.2) is 78.9 Å². The molecule has 0 atom stereocenters. The lowest BCUT2D eigenvalue weighted by molar-refractivity contribution is 0.103. The topological polar surface area (TPSA) is 55.8 Å². The average molecular weight is 412 g/mol. The van der Waals surface area contributed by atoms with Crippen molar-refractivity contribution in [3.8, 4) is 17.2 Å². The molecule has 0 radical (unpaired) electrons. The molecule has 0 fully saturated rings. The number of aromatic hydroxyl groups is 1. The first-order chi connectivity index (χ1) is 14.9. The van der Waals surface area contributed by atoms with Crippen LogP contribution < -0.4 is 9.47 Å². The lowest BCUT2D eigenvalue weighted by Gasteiger charge is -2.30. The molecule has 4 rings (SSSR count). The van der Waals surface area contributed by atoms with Crippen molar-refractivity contribution in [2.75, 3.05) is 0 Å². The van der Waals surface area contributed by atoms with Gasteiger partial charge in [0.05, 0.1) is 5.56 Å². The van der Waals surface area contributed by atoms with Crippen LogP contribution in [0.2, 0.25) is 0 Å². The molecule has 0 saturated heterocycles. The Morgan fingerprint density at radius 2 is 1.74 bits per heavy atom. The van der Waals surface area contributed by atoms with Gasteiger partial charge in [-0.3, -0.25) is 4.79 Å². The zero-order chi connectivity index (χ0) is 21.8. The second-order valence-corrected chi connectivity index (χ2v) is 7.93. The highest BCUT2D eigenvalue weighted by Gasteiger charge is 2.30. The summed E-state index contributed by atoms with van der Waals surface area (Å²) in [6, 6.07) is 20.8. The molecule has 3 aromatic rings. The maximum Gasteiger partial charge on any atom is 0.193 e. The number of ketones is 1. The smallest absolute Gasteiger partial charge is 0.193 e. The Morgan fingerprint density at radius 3 is 2.45 bits per heavy atom. The summed E-state index contributed by atoms with van der Waals surface area (Å²) in [4.78, 5) is 13.0. The first kappa shape index (κ1) is 20.5. The van der Waals surface area contributed by atoms with Gasteiger partial charge in [-0.15, -0.1) is 0 Å². The van der Waals surface area contributed by atoms with Crippen molar-refractivity contribution in [2.24, 2.45) is 0 Å². The zero-order valence-corrected chi connectivity index (χ0v) is 17.5. The number of hydrogen-bond donors (Lipinski definition) is 1. The first-order valence-electron chi connectivity index (χ1n) is 10.2. The van der Waals surface area contributed by atoms with Crippen molar-refractivity contribution in [2.45, 2.75) is 26.1 Å². The SMILES string of the molecule is CC1(C)C=Cc2c(OCc3ccccc3)cc(O)c(C(=O)/C=C/c3ccccc3)c2O1. The highest BCUT2D eigenvalue weighted by molar-refractivity contribution is 6.11. The fourth-order valence-corrected chi connectivity index (χ4v) is 3.39. The number of carbonyl (C=O) groups excluding carboxylic acids is 1. The normalized spacial score (nSPS) is 14.1. The summed E-state index contributed by atoms with van der Waals surface area (Å²) in [6.45, 7) is 4.13. The van der Waals surface area contributed by atoms with Gasteiger partial charge in [0.15, 0.2) is 5.78 Å². The maximum absolute atomic E-state index is 13.0. The summed E-state index contributed by atoms with van der Waals surface area (Å²) in [7, 11) is 0. The Bertz CT molecular complexity index is 1140. The Morgan fingerprint density at radius 1 is 1.06 bits per heavy atom. The van der Waals surface area contributed by atoms with Crippen LogP contribution in [-0.2, 0) is 6.61 Å². The fraction of sp³-hybridized carbons (Fsp3) is 0.148. The number of benzene rings is 3. The van der Waals surface area contributed by atoms with Gasteiger partial charge >= 0.3 is 0 Å². The molecule has 1 aliphatic heterocycles. The van der Waals surface area contributed by atoms with Crippen LogP contribution in [0.25, 0.3) is 12.2 Å². The summed E-state index contributed by atoms with van der Waals surface area (Å²) < 4.78 is 12.1. The molecule has 4 nitrogen and oxygen atoms in total. The largest absolute Gasteiger partial charge is 0.507 e. The molecular weight excluding hydrogens is 388 g/mol. The second-order valence-electron chi connectivity index (χ2n) is 7.93. The molecule has 3 aromatic carbocycles. The van der Waals surface area contributed by atoms with E-state index in [0.29, 0.717) is 23.7 Å². The Hall–Kier alpha value is -3.79. The molecule has 0 amide bonds. The molecule has 0 spiro atoms. The molecule has 4 heteroatoms. The van der Waals surface area contributed by atoms with Gasteiger partial charge in [-0.2, -0.15) is 0 Å². The third-order valence-corrected chi connectivity index (χ3v) is 4.99. The molecule has 0 bridgehead atoms. The number of allylic oxidation sites excluding steroid dienone is 1. The van der Waals surface area contributed by atoms with Crippen molar-refractivity contribution < 1.29 is 19.4 Å². The third-order valence-electron chi connectivity index (χ3n) is 4.99. The lowest BCUT2D eigenvalue weighted by atomic mass is 9.96. The zero-order valence-electron chi connectivity index (χ0n) is 17.5. The van der Waals surface area contributed by atoms with Crippen molar-refractivity contribution in [1.29, 1.82) is 0 Å². The van der Waals surface area contributed by atoms with Crippen molar-refractivity contribution in [3.63, 3.8) is 0 Å². The number of phenols is 1. The van der Waals surface area contributed by atoms with Gasteiger partial charge in [0.2, 0.25) is 0 Å². The van der Waals surface area contributed by atoms with Crippen LogP contribution in [-0.4, -0.2) is 16.5 Å². The Kier molecular flexibility index (Phi) is 5.63. The quantitative estimate of drug-likeness (QED) is 0.395. The van der Waals surface area contributed by atoms with Crippen LogP contribution in [0.3, 0.4) is 0 Å². The van der Waals surface area contributed by atoms with E-state index in [1.54, 1.807) is 6.08 Å². The summed E-state index contributed by atoms with van der Waals surface area (Å²) >= 11 is 0. The van der Waals surface area contributed by atoms with Gasteiger partial charge in [-0.25, -0.2) is 0 Å². The van der Waals surface area contributed by atoms with E-state index in [1.807, 2.05) is 86.7 Å². The summed E-state index contributed by atoms with van der Waals surface area (Å²) in [6.07, 6.45) is 6.97. The van der Waals surface area contributed by atoms with Gasteiger partial charge in [0, 0.05) is 6.07 Å². The average Bonchev–Trinajstić information content (AvgIpc) is 2.76. The summed E-state index contributed by atoms with van der Waals surface area (Å²) in [5.74, 6) is 0.291. The molecule has 0 aromatic heterocycles. The van der Waals surface area contributed by atoms with Crippen LogP contribution in [0.1, 0.15) is 40.9 Å². The van der Waals surface area contributed by atoms with E-state index in [1.165, 1.54) is 12.1 Å². The Balaban J connectivity index is 1.70. The van der Waals surface area contributed by atoms with Gasteiger partial charge in [0.25, 0.3) is 0 Å². The van der Waals surface area contributed by atoms with E-state index in [4.69, 9.17) is 9.47 Å². The van der Waals surface area contributed by atoms with E-state index in [0.717, 1.165) is 11.1 Å². The van der Waals surface area contributed by atoms with Gasteiger partial charge in [-0.05, 0) is 43.2 Å². The number of hydrogen-bond acceptors (Lipinski definition) is 4. The van der Waals surface area contributed by atoms with Crippen LogP contribution in [0, 0.1) is 0 Å². The Labute approximate surface area is 182 Å². The number of rotatable bonds is 6. The first-order valence-corrected chi connectivity index (χ1v) is 10.2. The van der Waals surface area contributed by atoms with Crippen LogP contribution in [0.4, 0.5) is 0 Å². The molecule has 1 aliphatic rings. The number of carbonyl (C=O) groups is 1. The molecule has 0 aliphatic carbocycles. The molecule has 156 valence electrons. The van der Waals surface area contributed by atoms with Crippen molar-refractivity contribution >= 4 is 17.9 Å². The minimum Gasteiger partial charge on any atom is -0.507 e. The van der Waals surface area contributed by atoms with Crippen molar-refractivity contribution in [1.82, 2.24) is 0 Å². The number of phenolic OH excluding ortho intramolecular Hbond substituents is 1. The second kappa shape index (κ2) is 8.52. The summed E-state index contributed by atoms with van der Waals surface area (Å²) in [5, 5.41) is 10.7. The van der Waals surface area contributed by atoms with E-state index < -0.39 is 5.60 Å². The molecule has 0 saturated carbocycles.